The molecule has 0 bridgehead atoms. The summed E-state index contributed by atoms with van der Waals surface area (Å²) in [6.45, 7) is 2.35. The zero-order chi connectivity index (χ0) is 23.9. The number of hydrazone groups is 1. The van der Waals surface area contributed by atoms with E-state index in [4.69, 9.17) is 14.2 Å². The molecule has 0 fully saturated rings. The molecule has 4 rings (SSSR count). The van der Waals surface area contributed by atoms with E-state index < -0.39 is 0 Å². The highest BCUT2D eigenvalue weighted by Gasteiger charge is 2.12. The minimum atomic E-state index is -0.352. The molecule has 4 aromatic rings. The molecule has 0 unspecified atom stereocenters. The largest absolute Gasteiger partial charge is 0.496 e. The lowest BCUT2D eigenvalue weighted by molar-refractivity contribution is 0.0952. The van der Waals surface area contributed by atoms with Crippen molar-refractivity contribution in [3.63, 3.8) is 0 Å². The van der Waals surface area contributed by atoms with Gasteiger partial charge in [0.05, 0.1) is 26.0 Å². The quantitative estimate of drug-likeness (QED) is 0.282. The number of nitrogens with zero attached hydrogens (tertiary/aromatic N) is 1. The van der Waals surface area contributed by atoms with Crippen LogP contribution >= 0.6 is 0 Å². The number of carbonyl (C=O) groups is 1. The summed E-state index contributed by atoms with van der Waals surface area (Å²) in [6.07, 6.45) is 1.55. The van der Waals surface area contributed by atoms with Gasteiger partial charge in [-0.2, -0.15) is 5.10 Å². The Bertz CT molecular complexity index is 1340. The summed E-state index contributed by atoms with van der Waals surface area (Å²) in [7, 11) is 3.12. The molecular formula is C28H26N2O4. The Labute approximate surface area is 198 Å². The molecule has 6 heteroatoms. The molecule has 4 aromatic carbocycles. The van der Waals surface area contributed by atoms with Crippen LogP contribution in [0.25, 0.3) is 10.8 Å². The fourth-order valence-corrected chi connectivity index (χ4v) is 3.67. The topological polar surface area (TPSA) is 69.2 Å². The molecule has 1 N–H and O–H groups in total. The third-order valence-electron chi connectivity index (χ3n) is 5.43. The van der Waals surface area contributed by atoms with Crippen LogP contribution in [0.3, 0.4) is 0 Å². The first-order valence-corrected chi connectivity index (χ1v) is 10.8. The molecule has 172 valence electrons. The fourth-order valence-electron chi connectivity index (χ4n) is 3.67. The first-order valence-electron chi connectivity index (χ1n) is 10.8. The molecular weight excluding hydrogens is 428 g/mol. The van der Waals surface area contributed by atoms with E-state index in [9.17, 15) is 4.79 Å². The molecule has 1 amide bonds. The molecule has 0 aliphatic heterocycles. The summed E-state index contributed by atoms with van der Waals surface area (Å²) in [6, 6.07) is 25.2. The van der Waals surface area contributed by atoms with Crippen LogP contribution in [0.1, 0.15) is 27.0 Å². The highest BCUT2D eigenvalue weighted by Crippen LogP contribution is 2.29. The van der Waals surface area contributed by atoms with Gasteiger partial charge in [-0.1, -0.05) is 48.5 Å². The van der Waals surface area contributed by atoms with Gasteiger partial charge >= 0.3 is 0 Å². The average Bonchev–Trinajstić information content (AvgIpc) is 2.87. The Kier molecular flexibility index (Phi) is 7.08. The number of ether oxygens (including phenoxy) is 3. The predicted molar refractivity (Wildman–Crippen MR) is 134 cm³/mol. The van der Waals surface area contributed by atoms with Crippen molar-refractivity contribution in [2.24, 2.45) is 5.10 Å². The van der Waals surface area contributed by atoms with Crippen LogP contribution in [0.15, 0.2) is 84.0 Å². The van der Waals surface area contributed by atoms with Crippen molar-refractivity contribution in [2.45, 2.75) is 13.5 Å². The van der Waals surface area contributed by atoms with Gasteiger partial charge in [0.2, 0.25) is 0 Å². The van der Waals surface area contributed by atoms with Crippen molar-refractivity contribution < 1.29 is 19.0 Å². The maximum atomic E-state index is 12.5. The van der Waals surface area contributed by atoms with Gasteiger partial charge in [-0.25, -0.2) is 5.43 Å². The van der Waals surface area contributed by atoms with Gasteiger partial charge in [0.1, 0.15) is 12.4 Å². The van der Waals surface area contributed by atoms with Gasteiger partial charge in [-0.05, 0) is 64.7 Å². The Morgan fingerprint density at radius 3 is 2.50 bits per heavy atom. The zero-order valence-electron chi connectivity index (χ0n) is 19.4. The van der Waals surface area contributed by atoms with Crippen LogP contribution in [-0.4, -0.2) is 26.3 Å². The van der Waals surface area contributed by atoms with Crippen molar-refractivity contribution in [3.05, 3.63) is 101 Å². The summed E-state index contributed by atoms with van der Waals surface area (Å²) in [5.74, 6) is 1.36. The molecule has 0 aliphatic carbocycles. The van der Waals surface area contributed by atoms with Crippen molar-refractivity contribution in [3.8, 4) is 17.2 Å². The number of nitrogens with one attached hydrogen (secondary N) is 1. The van der Waals surface area contributed by atoms with Crippen molar-refractivity contribution in [1.29, 1.82) is 0 Å². The molecule has 0 heterocycles. The number of hydrogen-bond acceptors (Lipinski definition) is 5. The Morgan fingerprint density at radius 2 is 1.68 bits per heavy atom. The van der Waals surface area contributed by atoms with E-state index in [1.807, 2.05) is 43.3 Å². The van der Waals surface area contributed by atoms with Crippen LogP contribution in [0.4, 0.5) is 0 Å². The van der Waals surface area contributed by atoms with Gasteiger partial charge in [0, 0.05) is 0 Å². The molecule has 0 aromatic heterocycles. The summed E-state index contributed by atoms with van der Waals surface area (Å²) < 4.78 is 16.9. The number of benzene rings is 4. The van der Waals surface area contributed by atoms with E-state index in [2.05, 4.69) is 34.8 Å². The summed E-state index contributed by atoms with van der Waals surface area (Å²) in [4.78, 5) is 12.5. The Balaban J connectivity index is 1.44. The lowest BCUT2D eigenvalue weighted by atomic mass is 10.1. The lowest BCUT2D eigenvalue weighted by Gasteiger charge is -2.12. The average molecular weight is 455 g/mol. The minimum absolute atomic E-state index is 0.352. The predicted octanol–water partition coefficient (Wildman–Crippen LogP) is 5.51. The molecule has 0 spiro atoms. The molecule has 34 heavy (non-hydrogen) atoms. The van der Waals surface area contributed by atoms with E-state index in [1.165, 1.54) is 12.5 Å². The van der Waals surface area contributed by atoms with Gasteiger partial charge in [0.25, 0.3) is 5.91 Å². The first kappa shape index (κ1) is 22.9. The Morgan fingerprint density at radius 1 is 0.882 bits per heavy atom. The fraction of sp³-hybridized carbons (Fsp3) is 0.143. The van der Waals surface area contributed by atoms with Gasteiger partial charge in [0.15, 0.2) is 11.5 Å². The lowest BCUT2D eigenvalue weighted by Crippen LogP contribution is -2.18. The van der Waals surface area contributed by atoms with Crippen LogP contribution in [-0.2, 0) is 6.61 Å². The maximum Gasteiger partial charge on any atom is 0.275 e. The zero-order valence-corrected chi connectivity index (χ0v) is 19.4. The standard InChI is InChI=1S/C28H26N2O4/c1-19-11-13-24(26(15-19)32-2)28(31)30-29-17-20-12-14-25(27(16-20)33-3)34-18-22-9-6-8-21-7-4-5-10-23(21)22/h4-17H,18H2,1-3H3,(H,30,31)/b29-17-. The van der Waals surface area contributed by atoms with Gasteiger partial charge in [-0.3, -0.25) is 4.79 Å². The normalized spacial score (nSPS) is 10.9. The highest BCUT2D eigenvalue weighted by molar-refractivity contribution is 5.97. The number of carbonyl (C=O) groups excluding carboxylic acids is 1. The van der Waals surface area contributed by atoms with Crippen molar-refractivity contribution >= 4 is 22.9 Å². The van der Waals surface area contributed by atoms with Crippen molar-refractivity contribution in [1.82, 2.24) is 5.43 Å². The molecule has 0 atom stereocenters. The van der Waals surface area contributed by atoms with Crippen LogP contribution < -0.4 is 19.6 Å². The monoisotopic (exact) mass is 454 g/mol. The molecule has 0 saturated carbocycles. The second kappa shape index (κ2) is 10.5. The number of aryl methyl sites for hydroxylation is 1. The van der Waals surface area contributed by atoms with Crippen molar-refractivity contribution in [2.75, 3.05) is 14.2 Å². The third-order valence-corrected chi connectivity index (χ3v) is 5.43. The smallest absolute Gasteiger partial charge is 0.275 e. The molecule has 0 radical (unpaired) electrons. The van der Waals surface area contributed by atoms with E-state index in [-0.39, 0.29) is 5.91 Å². The second-order valence-corrected chi connectivity index (χ2v) is 7.74. The van der Waals surface area contributed by atoms with Gasteiger partial charge in [-0.15, -0.1) is 0 Å². The molecule has 0 aliphatic rings. The molecule has 0 saturated heterocycles. The third kappa shape index (κ3) is 5.18. The number of fused-ring (bicyclic) bond motifs is 1. The van der Waals surface area contributed by atoms with Crippen LogP contribution in [0.2, 0.25) is 0 Å². The Hall–Kier alpha value is -4.32. The van der Waals surface area contributed by atoms with E-state index >= 15 is 0 Å². The summed E-state index contributed by atoms with van der Waals surface area (Å²) in [5, 5.41) is 6.41. The SMILES string of the molecule is COc1cc(/C=N\NC(=O)c2ccc(C)cc2OC)ccc1OCc1cccc2ccccc12. The highest BCUT2D eigenvalue weighted by atomic mass is 16.5. The maximum absolute atomic E-state index is 12.5. The van der Waals surface area contributed by atoms with E-state index in [0.717, 1.165) is 22.1 Å². The van der Waals surface area contributed by atoms with E-state index in [0.29, 0.717) is 29.4 Å². The van der Waals surface area contributed by atoms with Crippen LogP contribution in [0.5, 0.6) is 17.2 Å². The van der Waals surface area contributed by atoms with E-state index in [1.54, 1.807) is 31.5 Å². The molecule has 6 nitrogen and oxygen atoms in total. The van der Waals surface area contributed by atoms with Gasteiger partial charge < -0.3 is 14.2 Å². The summed E-state index contributed by atoms with van der Waals surface area (Å²) >= 11 is 0. The number of methoxy groups -OCH3 is 2. The minimum Gasteiger partial charge on any atom is -0.496 e. The number of amides is 1. The first-order chi connectivity index (χ1) is 16.6. The number of rotatable bonds is 8. The second-order valence-electron chi connectivity index (χ2n) is 7.74. The van der Waals surface area contributed by atoms with Crippen LogP contribution in [0, 0.1) is 6.92 Å². The number of hydrogen-bond donors (Lipinski definition) is 1. The summed E-state index contributed by atoms with van der Waals surface area (Å²) in [5.41, 5.74) is 5.81.